The third-order valence-corrected chi connectivity index (χ3v) is 6.53. The maximum absolute atomic E-state index is 12.3. The Balaban J connectivity index is 1.66. The van der Waals surface area contributed by atoms with Crippen molar-refractivity contribution in [3.05, 3.63) is 33.9 Å². The molecule has 2 aliphatic heterocycles. The second-order valence-electron chi connectivity index (χ2n) is 8.62. The normalized spacial score (nSPS) is 18.9. The van der Waals surface area contributed by atoms with E-state index in [-0.39, 0.29) is 23.3 Å². The Morgan fingerprint density at radius 3 is 2.82 bits per heavy atom. The van der Waals surface area contributed by atoms with Crippen molar-refractivity contribution in [2.45, 2.75) is 38.1 Å². The highest BCUT2D eigenvalue weighted by molar-refractivity contribution is 9.10. The van der Waals surface area contributed by atoms with Gasteiger partial charge >= 0.3 is 6.09 Å². The number of aromatic nitrogens is 2. The molecule has 1 fully saturated rings. The Kier molecular flexibility index (Phi) is 5.87. The number of piperidine rings is 1. The van der Waals surface area contributed by atoms with E-state index in [1.807, 2.05) is 24.8 Å². The molecular weight excluding hydrogens is 494 g/mol. The van der Waals surface area contributed by atoms with Crippen LogP contribution in [-0.2, 0) is 10.2 Å². The van der Waals surface area contributed by atoms with Gasteiger partial charge in [0.1, 0.15) is 11.4 Å². The van der Waals surface area contributed by atoms with Crippen molar-refractivity contribution >= 4 is 57.0 Å². The van der Waals surface area contributed by atoms with E-state index in [1.165, 1.54) is 6.20 Å². The highest BCUT2D eigenvalue weighted by atomic mass is 79.9. The van der Waals surface area contributed by atoms with Crippen LogP contribution < -0.4 is 26.6 Å². The van der Waals surface area contributed by atoms with E-state index in [2.05, 4.69) is 41.8 Å². The van der Waals surface area contributed by atoms with Gasteiger partial charge in [-0.25, -0.2) is 9.78 Å². The van der Waals surface area contributed by atoms with Gasteiger partial charge in [0.15, 0.2) is 0 Å². The molecule has 33 heavy (non-hydrogen) atoms. The monoisotopic (exact) mass is 517 g/mol. The number of hydrogen-bond acceptors (Lipinski definition) is 7. The summed E-state index contributed by atoms with van der Waals surface area (Å²) in [5.41, 5.74) is 7.06. The number of carbonyl (C=O) groups excluding carboxylic acids is 2. The fraction of sp³-hybridized carbons (Fsp3) is 0.381. The molecule has 11 nitrogen and oxygen atoms in total. The van der Waals surface area contributed by atoms with Gasteiger partial charge in [0.2, 0.25) is 11.9 Å². The molecule has 12 heteroatoms. The van der Waals surface area contributed by atoms with Crippen molar-refractivity contribution in [3.8, 4) is 0 Å². The Bertz CT molecular complexity index is 1150. The molecule has 3 heterocycles. The summed E-state index contributed by atoms with van der Waals surface area (Å²) in [5.74, 6) is -0.211. The number of amides is 3. The van der Waals surface area contributed by atoms with Crippen LogP contribution >= 0.6 is 15.9 Å². The lowest BCUT2D eigenvalue weighted by Gasteiger charge is -2.32. The molecule has 0 spiro atoms. The molecule has 0 saturated carbocycles. The maximum Gasteiger partial charge on any atom is 0.404 e. The van der Waals surface area contributed by atoms with E-state index in [0.717, 1.165) is 18.4 Å². The van der Waals surface area contributed by atoms with Crippen LogP contribution in [0.15, 0.2) is 22.8 Å². The quantitative estimate of drug-likeness (QED) is 0.403. The average molecular weight is 518 g/mol. The number of nitrogens with one attached hydrogen (secondary N) is 3. The minimum Gasteiger partial charge on any atom is -0.465 e. The standard InChI is InChI=1S/C21H24BrN7O4/c1-21(2)13-6-11(7-14(22)15(13)27-18(21)31)25-17-12(16(23)30)8-24-19(28-17)29-5-3-4-10(9-29)26-20(32)33/h6-8,10,26H,3-5,9H2,1-2H3,(H2,23,30)(H,27,31)(H,32,33)(H,24,25,28)/t10-/m0/s1. The van der Waals surface area contributed by atoms with Gasteiger partial charge in [-0.3, -0.25) is 9.59 Å². The zero-order valence-corrected chi connectivity index (χ0v) is 19.7. The first-order valence-corrected chi connectivity index (χ1v) is 11.2. The number of benzene rings is 1. The highest BCUT2D eigenvalue weighted by Crippen LogP contribution is 2.43. The van der Waals surface area contributed by atoms with Crippen molar-refractivity contribution < 1.29 is 19.5 Å². The van der Waals surface area contributed by atoms with Crippen molar-refractivity contribution in [3.63, 3.8) is 0 Å². The van der Waals surface area contributed by atoms with Gasteiger partial charge in [0, 0.05) is 35.5 Å². The van der Waals surface area contributed by atoms with Crippen LogP contribution in [0, 0.1) is 0 Å². The fourth-order valence-corrected chi connectivity index (χ4v) is 4.64. The second-order valence-corrected chi connectivity index (χ2v) is 9.47. The van der Waals surface area contributed by atoms with Crippen LogP contribution in [0.5, 0.6) is 0 Å². The first-order chi connectivity index (χ1) is 15.6. The van der Waals surface area contributed by atoms with Gasteiger partial charge < -0.3 is 31.7 Å². The molecule has 0 aliphatic carbocycles. The van der Waals surface area contributed by atoms with Crippen LogP contribution in [0.2, 0.25) is 0 Å². The largest absolute Gasteiger partial charge is 0.465 e. The van der Waals surface area contributed by atoms with Gasteiger partial charge in [0.25, 0.3) is 5.91 Å². The predicted octanol–water partition coefficient (Wildman–Crippen LogP) is 2.55. The average Bonchev–Trinajstić information content (AvgIpc) is 2.97. The lowest BCUT2D eigenvalue weighted by atomic mass is 9.86. The van der Waals surface area contributed by atoms with E-state index >= 15 is 0 Å². The zero-order chi connectivity index (χ0) is 23.9. The number of carboxylic acid groups (broad SMARTS) is 1. The van der Waals surface area contributed by atoms with Crippen LogP contribution in [0.1, 0.15) is 42.6 Å². The first-order valence-electron chi connectivity index (χ1n) is 10.4. The summed E-state index contributed by atoms with van der Waals surface area (Å²) in [6.45, 7) is 4.73. The number of fused-ring (bicyclic) bond motifs is 1. The van der Waals surface area contributed by atoms with Crippen molar-refractivity contribution in [1.82, 2.24) is 15.3 Å². The van der Waals surface area contributed by atoms with Crippen molar-refractivity contribution in [2.24, 2.45) is 5.73 Å². The second kappa shape index (κ2) is 8.50. The van der Waals surface area contributed by atoms with Crippen LogP contribution in [-0.4, -0.2) is 52.1 Å². The molecule has 1 atom stereocenters. The minimum absolute atomic E-state index is 0.105. The summed E-state index contributed by atoms with van der Waals surface area (Å²) in [6, 6.07) is 3.37. The maximum atomic E-state index is 12.3. The Hall–Kier alpha value is -3.41. The molecule has 6 N–H and O–H groups in total. The van der Waals surface area contributed by atoms with E-state index in [1.54, 1.807) is 6.07 Å². The topological polar surface area (TPSA) is 163 Å². The fourth-order valence-electron chi connectivity index (χ4n) is 4.08. The molecule has 4 rings (SSSR count). The number of nitrogens with zero attached hydrogens (tertiary/aromatic N) is 3. The van der Waals surface area contributed by atoms with Gasteiger partial charge in [-0.1, -0.05) is 0 Å². The van der Waals surface area contributed by atoms with E-state index in [4.69, 9.17) is 10.8 Å². The van der Waals surface area contributed by atoms with Crippen LogP contribution in [0.25, 0.3) is 0 Å². The number of carbonyl (C=O) groups is 3. The molecule has 2 aliphatic rings. The summed E-state index contributed by atoms with van der Waals surface area (Å²) in [4.78, 5) is 46.1. The molecule has 1 aromatic carbocycles. The molecular formula is C21H24BrN7O4. The van der Waals surface area contributed by atoms with E-state index < -0.39 is 17.4 Å². The molecule has 3 amide bonds. The molecule has 2 aromatic rings. The Labute approximate surface area is 198 Å². The van der Waals surface area contributed by atoms with Crippen molar-refractivity contribution in [2.75, 3.05) is 28.6 Å². The number of rotatable bonds is 5. The molecule has 0 radical (unpaired) electrons. The SMILES string of the molecule is CC1(C)C(=O)Nc2c(Br)cc(Nc3nc(N4CCC[C@H](NC(=O)O)C4)ncc3C(N)=O)cc21. The van der Waals surface area contributed by atoms with Gasteiger partial charge in [-0.15, -0.1) is 0 Å². The lowest BCUT2D eigenvalue weighted by molar-refractivity contribution is -0.119. The smallest absolute Gasteiger partial charge is 0.404 e. The molecule has 0 unspecified atom stereocenters. The summed E-state index contributed by atoms with van der Waals surface area (Å²) >= 11 is 3.50. The minimum atomic E-state index is -1.08. The van der Waals surface area contributed by atoms with Crippen LogP contribution in [0.3, 0.4) is 0 Å². The summed E-state index contributed by atoms with van der Waals surface area (Å²) in [7, 11) is 0. The van der Waals surface area contributed by atoms with Gasteiger partial charge in [-0.2, -0.15) is 4.98 Å². The number of hydrogen-bond donors (Lipinski definition) is 5. The number of anilines is 4. The van der Waals surface area contributed by atoms with Gasteiger partial charge in [0.05, 0.1) is 11.1 Å². The highest BCUT2D eigenvalue weighted by Gasteiger charge is 2.39. The summed E-state index contributed by atoms with van der Waals surface area (Å²) in [6.07, 6.45) is 1.77. The molecule has 1 saturated heterocycles. The summed E-state index contributed by atoms with van der Waals surface area (Å²) in [5, 5.41) is 17.5. The first kappa shape index (κ1) is 22.8. The van der Waals surface area contributed by atoms with Crippen LogP contribution in [0.4, 0.5) is 27.9 Å². The Morgan fingerprint density at radius 1 is 1.36 bits per heavy atom. The number of halogens is 1. The lowest BCUT2D eigenvalue weighted by Crippen LogP contribution is -2.48. The molecule has 0 bridgehead atoms. The number of primary amides is 1. The van der Waals surface area contributed by atoms with E-state index in [0.29, 0.717) is 34.9 Å². The summed E-state index contributed by atoms with van der Waals surface area (Å²) < 4.78 is 0.690. The van der Waals surface area contributed by atoms with Gasteiger partial charge in [-0.05, 0) is 60.3 Å². The third kappa shape index (κ3) is 4.42. The van der Waals surface area contributed by atoms with Crippen molar-refractivity contribution in [1.29, 1.82) is 0 Å². The Morgan fingerprint density at radius 2 is 2.12 bits per heavy atom. The molecule has 1 aromatic heterocycles. The number of nitrogens with two attached hydrogens (primary N) is 1. The molecule has 174 valence electrons. The zero-order valence-electron chi connectivity index (χ0n) is 18.1. The van der Waals surface area contributed by atoms with E-state index in [9.17, 15) is 14.4 Å². The third-order valence-electron chi connectivity index (χ3n) is 5.91. The predicted molar refractivity (Wildman–Crippen MR) is 126 cm³/mol.